The van der Waals surface area contributed by atoms with Crippen molar-refractivity contribution in [1.29, 1.82) is 0 Å². The molecule has 58 valence electrons. The summed E-state index contributed by atoms with van der Waals surface area (Å²) in [4.78, 5) is 3.98. The Balaban J connectivity index is 2.39. The van der Waals surface area contributed by atoms with E-state index in [4.69, 9.17) is 0 Å². The van der Waals surface area contributed by atoms with Gasteiger partial charge in [-0.15, -0.1) is 0 Å². The second kappa shape index (κ2) is 4.50. The Bertz CT molecular complexity index is 216. The molecule has 0 unspecified atom stereocenters. The average molecular weight is 148 g/mol. The summed E-state index contributed by atoms with van der Waals surface area (Å²) in [6, 6.07) is 3.91. The van der Waals surface area contributed by atoms with E-state index in [9.17, 15) is 0 Å². The third-order valence-electron chi connectivity index (χ3n) is 1.32. The van der Waals surface area contributed by atoms with Crippen molar-refractivity contribution in [3.05, 3.63) is 36.7 Å². The van der Waals surface area contributed by atoms with Gasteiger partial charge in [0.25, 0.3) is 0 Å². The summed E-state index contributed by atoms with van der Waals surface area (Å²) < 4.78 is 0. The van der Waals surface area contributed by atoms with Crippen LogP contribution in [-0.4, -0.2) is 11.5 Å². The molecule has 0 aliphatic rings. The van der Waals surface area contributed by atoms with Crippen LogP contribution in [0.1, 0.15) is 6.92 Å². The number of rotatable bonds is 3. The third kappa shape index (κ3) is 2.85. The highest BCUT2D eigenvalue weighted by Gasteiger charge is 1.84. The van der Waals surface area contributed by atoms with E-state index in [-0.39, 0.29) is 0 Å². The first-order valence-corrected chi connectivity index (χ1v) is 3.68. The fourth-order valence-corrected chi connectivity index (χ4v) is 0.762. The molecule has 0 fully saturated rings. The van der Waals surface area contributed by atoms with Crippen molar-refractivity contribution < 1.29 is 0 Å². The Kier molecular flexibility index (Phi) is 3.19. The highest BCUT2D eigenvalue weighted by Crippen LogP contribution is 2.00. The number of pyridine rings is 1. The van der Waals surface area contributed by atoms with Gasteiger partial charge in [0.1, 0.15) is 0 Å². The van der Waals surface area contributed by atoms with Gasteiger partial charge in [-0.3, -0.25) is 4.98 Å². The van der Waals surface area contributed by atoms with Gasteiger partial charge in [-0.1, -0.05) is 12.2 Å². The molecule has 0 aromatic carbocycles. The van der Waals surface area contributed by atoms with Crippen LogP contribution in [0, 0.1) is 0 Å². The lowest BCUT2D eigenvalue weighted by Crippen LogP contribution is -1.97. The van der Waals surface area contributed by atoms with Crippen molar-refractivity contribution in [2.75, 3.05) is 11.9 Å². The molecule has 2 heteroatoms. The fraction of sp³-hybridized carbons (Fsp3) is 0.222. The molecule has 1 rings (SSSR count). The summed E-state index contributed by atoms with van der Waals surface area (Å²) in [5, 5.41) is 3.20. The van der Waals surface area contributed by atoms with Crippen molar-refractivity contribution in [1.82, 2.24) is 4.98 Å². The summed E-state index contributed by atoms with van der Waals surface area (Å²) in [6.07, 6.45) is 7.65. The van der Waals surface area contributed by atoms with Crippen LogP contribution in [0.5, 0.6) is 0 Å². The molecule has 0 radical (unpaired) electrons. The number of anilines is 1. The first kappa shape index (κ1) is 7.79. The molecule has 0 aliphatic heterocycles. The Morgan fingerprint density at radius 2 is 2.55 bits per heavy atom. The normalized spacial score (nSPS) is 10.3. The van der Waals surface area contributed by atoms with Gasteiger partial charge in [-0.2, -0.15) is 0 Å². The lowest BCUT2D eigenvalue weighted by molar-refractivity contribution is 1.26. The van der Waals surface area contributed by atoms with E-state index in [0.29, 0.717) is 0 Å². The van der Waals surface area contributed by atoms with E-state index in [1.54, 1.807) is 6.20 Å². The van der Waals surface area contributed by atoms with E-state index >= 15 is 0 Å². The molecular weight excluding hydrogens is 136 g/mol. The minimum atomic E-state index is 0.863. The van der Waals surface area contributed by atoms with Crippen LogP contribution >= 0.6 is 0 Å². The average Bonchev–Trinajstić information content (AvgIpc) is 2.07. The van der Waals surface area contributed by atoms with Crippen LogP contribution in [0.3, 0.4) is 0 Å². The van der Waals surface area contributed by atoms with Crippen LogP contribution in [-0.2, 0) is 0 Å². The van der Waals surface area contributed by atoms with Gasteiger partial charge < -0.3 is 5.32 Å². The number of nitrogens with zero attached hydrogens (tertiary/aromatic N) is 1. The number of allylic oxidation sites excluding steroid dienone is 1. The zero-order chi connectivity index (χ0) is 7.94. The molecular formula is C9H12N2. The largest absolute Gasteiger partial charge is 0.380 e. The first-order chi connectivity index (χ1) is 5.43. The Labute approximate surface area is 67.0 Å². The Hall–Kier alpha value is -1.31. The molecule has 1 aromatic rings. The smallest absolute Gasteiger partial charge is 0.0529 e. The maximum atomic E-state index is 3.98. The number of hydrogen-bond donors (Lipinski definition) is 1. The van der Waals surface area contributed by atoms with Gasteiger partial charge in [0.2, 0.25) is 0 Å². The van der Waals surface area contributed by atoms with Crippen molar-refractivity contribution in [3.8, 4) is 0 Å². The zero-order valence-electron chi connectivity index (χ0n) is 6.62. The van der Waals surface area contributed by atoms with Gasteiger partial charge in [-0.05, 0) is 19.1 Å². The molecule has 0 atom stereocenters. The van der Waals surface area contributed by atoms with Gasteiger partial charge in [-0.25, -0.2) is 0 Å². The van der Waals surface area contributed by atoms with Gasteiger partial charge in [0.15, 0.2) is 0 Å². The lowest BCUT2D eigenvalue weighted by Gasteiger charge is -1.99. The quantitative estimate of drug-likeness (QED) is 0.664. The standard InChI is InChI=1S/C9H12N2/c1-2-3-7-11-9-5-4-6-10-8-9/h2-6,8,11H,7H2,1H3/b3-2+. The molecule has 1 N–H and O–H groups in total. The van der Waals surface area contributed by atoms with Crippen molar-refractivity contribution >= 4 is 5.69 Å². The number of hydrogen-bond acceptors (Lipinski definition) is 2. The van der Waals surface area contributed by atoms with E-state index < -0.39 is 0 Å². The summed E-state index contributed by atoms with van der Waals surface area (Å²) >= 11 is 0. The van der Waals surface area contributed by atoms with E-state index in [1.165, 1.54) is 0 Å². The van der Waals surface area contributed by atoms with Gasteiger partial charge >= 0.3 is 0 Å². The summed E-state index contributed by atoms with van der Waals surface area (Å²) in [5.74, 6) is 0. The van der Waals surface area contributed by atoms with Crippen molar-refractivity contribution in [3.63, 3.8) is 0 Å². The summed E-state index contributed by atoms with van der Waals surface area (Å²) in [5.41, 5.74) is 1.06. The monoisotopic (exact) mass is 148 g/mol. The zero-order valence-corrected chi connectivity index (χ0v) is 6.62. The molecule has 0 amide bonds. The topological polar surface area (TPSA) is 24.9 Å². The van der Waals surface area contributed by atoms with Crippen LogP contribution in [0.4, 0.5) is 5.69 Å². The second-order valence-electron chi connectivity index (χ2n) is 2.19. The number of nitrogens with one attached hydrogen (secondary N) is 1. The first-order valence-electron chi connectivity index (χ1n) is 3.68. The van der Waals surface area contributed by atoms with Crippen LogP contribution in [0.15, 0.2) is 36.7 Å². The van der Waals surface area contributed by atoms with Crippen LogP contribution < -0.4 is 5.32 Å². The highest BCUT2D eigenvalue weighted by atomic mass is 14.9. The molecule has 11 heavy (non-hydrogen) atoms. The minimum Gasteiger partial charge on any atom is -0.380 e. The third-order valence-corrected chi connectivity index (χ3v) is 1.32. The Morgan fingerprint density at radius 1 is 1.64 bits per heavy atom. The highest BCUT2D eigenvalue weighted by molar-refractivity contribution is 5.40. The Morgan fingerprint density at radius 3 is 3.18 bits per heavy atom. The minimum absolute atomic E-state index is 0.863. The molecule has 0 aliphatic carbocycles. The van der Waals surface area contributed by atoms with Crippen molar-refractivity contribution in [2.24, 2.45) is 0 Å². The predicted octanol–water partition coefficient (Wildman–Crippen LogP) is 2.07. The maximum absolute atomic E-state index is 3.98. The molecule has 0 saturated carbocycles. The van der Waals surface area contributed by atoms with Crippen LogP contribution in [0.25, 0.3) is 0 Å². The SMILES string of the molecule is C/C=C/CNc1cccnc1. The molecule has 2 nitrogen and oxygen atoms in total. The number of aromatic nitrogens is 1. The fourth-order valence-electron chi connectivity index (χ4n) is 0.762. The molecule has 0 bridgehead atoms. The molecule has 0 saturated heterocycles. The summed E-state index contributed by atoms with van der Waals surface area (Å²) in [7, 11) is 0. The molecule has 1 heterocycles. The van der Waals surface area contributed by atoms with Crippen LogP contribution in [0.2, 0.25) is 0 Å². The van der Waals surface area contributed by atoms with E-state index in [2.05, 4.69) is 16.4 Å². The van der Waals surface area contributed by atoms with E-state index in [0.717, 1.165) is 12.2 Å². The van der Waals surface area contributed by atoms with Gasteiger partial charge in [0, 0.05) is 18.9 Å². The van der Waals surface area contributed by atoms with Gasteiger partial charge in [0.05, 0.1) is 5.69 Å². The molecule has 1 aromatic heterocycles. The second-order valence-corrected chi connectivity index (χ2v) is 2.19. The summed E-state index contributed by atoms with van der Waals surface area (Å²) in [6.45, 7) is 2.87. The van der Waals surface area contributed by atoms with E-state index in [1.807, 2.05) is 31.3 Å². The van der Waals surface area contributed by atoms with Crippen molar-refractivity contribution in [2.45, 2.75) is 6.92 Å². The predicted molar refractivity (Wildman–Crippen MR) is 47.5 cm³/mol. The molecule has 0 spiro atoms. The maximum Gasteiger partial charge on any atom is 0.0529 e. The lowest BCUT2D eigenvalue weighted by atomic mass is 10.4.